The maximum atomic E-state index is 17.0. The van der Waals surface area contributed by atoms with Gasteiger partial charge in [-0.25, -0.2) is 27.4 Å². The molecule has 4 aliphatic rings. The second kappa shape index (κ2) is 14.0. The normalized spacial score (nSPS) is 20.3. The van der Waals surface area contributed by atoms with Gasteiger partial charge < -0.3 is 14.0 Å². The maximum absolute atomic E-state index is 17.0. The highest BCUT2D eigenvalue weighted by Crippen LogP contribution is 2.58. The number of imidazole rings is 1. The van der Waals surface area contributed by atoms with E-state index >= 15 is 18.0 Å². The minimum atomic E-state index is -1.00. The molecule has 1 amide bonds. The molecule has 2 aliphatic heterocycles. The predicted molar refractivity (Wildman–Crippen MR) is 239 cm³/mol. The van der Waals surface area contributed by atoms with E-state index in [2.05, 4.69) is 15.2 Å². The van der Waals surface area contributed by atoms with Crippen LogP contribution in [0.1, 0.15) is 121 Å². The maximum Gasteiger partial charge on any atom is 0.438 e. The Morgan fingerprint density at radius 1 is 0.955 bits per heavy atom. The van der Waals surface area contributed by atoms with Crippen molar-refractivity contribution in [2.45, 2.75) is 102 Å². The molecule has 8 aromatic rings. The first-order valence-corrected chi connectivity index (χ1v) is 22.7. The fraction of sp³-hybridized carbons (Fsp3) is 0.388. The van der Waals surface area contributed by atoms with Gasteiger partial charge in [-0.2, -0.15) is 10.2 Å². The van der Waals surface area contributed by atoms with E-state index in [0.717, 1.165) is 5.56 Å². The Kier molecular flexibility index (Phi) is 8.69. The molecule has 2 aliphatic carbocycles. The number of hydrogen-bond donors (Lipinski definition) is 1. The summed E-state index contributed by atoms with van der Waals surface area (Å²) in [5, 5.41) is 13.8. The summed E-state index contributed by atoms with van der Waals surface area (Å²) in [5.41, 5.74) is 2.21. The van der Waals surface area contributed by atoms with Gasteiger partial charge in [0.05, 0.1) is 62.3 Å². The monoisotopic (exact) mass is 912 g/mol. The number of nitrogens with one attached hydrogen (secondary N) is 1. The summed E-state index contributed by atoms with van der Waals surface area (Å²) in [6, 6.07) is 7.40. The molecule has 6 aromatic heterocycles. The number of nitrogens with zero attached hydrogens (tertiary/aromatic N) is 9. The molecular weight excluding hydrogens is 866 g/mol. The molecule has 2 atom stereocenters. The lowest BCUT2D eigenvalue weighted by Gasteiger charge is -2.38. The molecule has 67 heavy (non-hydrogen) atoms. The third-order valence-electron chi connectivity index (χ3n) is 15.0. The smallest absolute Gasteiger partial charge is 0.376 e. The first kappa shape index (κ1) is 41.5. The number of fused-ring (bicyclic) bond motifs is 4. The van der Waals surface area contributed by atoms with E-state index < -0.39 is 45.6 Å². The minimum absolute atomic E-state index is 0.0151. The van der Waals surface area contributed by atoms with Gasteiger partial charge in [-0.3, -0.25) is 28.1 Å². The van der Waals surface area contributed by atoms with Crippen molar-refractivity contribution in [2.24, 2.45) is 7.05 Å². The quantitative estimate of drug-likeness (QED) is 0.171. The van der Waals surface area contributed by atoms with Crippen molar-refractivity contribution in [3.05, 3.63) is 145 Å². The van der Waals surface area contributed by atoms with Crippen molar-refractivity contribution in [1.82, 2.24) is 48.1 Å². The van der Waals surface area contributed by atoms with Crippen molar-refractivity contribution in [2.75, 3.05) is 13.2 Å². The van der Waals surface area contributed by atoms with Gasteiger partial charge in [-0.1, -0.05) is 5.16 Å². The molecule has 0 radical (unpaired) electrons. The molecule has 8 heterocycles. The Labute approximate surface area is 380 Å². The van der Waals surface area contributed by atoms with E-state index in [1.807, 2.05) is 27.0 Å². The molecule has 2 saturated carbocycles. The van der Waals surface area contributed by atoms with Crippen LogP contribution in [0.5, 0.6) is 0 Å². The molecule has 344 valence electrons. The first-order chi connectivity index (χ1) is 32.0. The number of aromatic amines is 1. The molecule has 1 N–H and O–H groups in total. The van der Waals surface area contributed by atoms with Crippen molar-refractivity contribution in [3.8, 4) is 17.2 Å². The number of H-pyrrole nitrogens is 1. The molecule has 12 rings (SSSR count). The summed E-state index contributed by atoms with van der Waals surface area (Å²) in [4.78, 5) is 47.4. The summed E-state index contributed by atoms with van der Waals surface area (Å²) in [6.45, 7) is 10.1. The molecule has 18 heteroatoms. The fourth-order valence-electron chi connectivity index (χ4n) is 11.2. The number of aryl methyl sites for hydroxylation is 3. The molecule has 1 saturated heterocycles. The van der Waals surface area contributed by atoms with E-state index in [9.17, 15) is 9.59 Å². The number of ether oxygens (including phenoxy) is 1. The van der Waals surface area contributed by atoms with Gasteiger partial charge in [0.15, 0.2) is 11.6 Å². The summed E-state index contributed by atoms with van der Waals surface area (Å²) in [7, 11) is 1.71. The Morgan fingerprint density at radius 3 is 2.39 bits per heavy atom. The van der Waals surface area contributed by atoms with E-state index in [1.54, 1.807) is 76.2 Å². The van der Waals surface area contributed by atoms with Crippen LogP contribution in [0.15, 0.2) is 75.4 Å². The van der Waals surface area contributed by atoms with Gasteiger partial charge in [0, 0.05) is 61.5 Å². The van der Waals surface area contributed by atoms with E-state index in [-0.39, 0.29) is 52.2 Å². The van der Waals surface area contributed by atoms with Crippen LogP contribution in [-0.4, -0.2) is 72.8 Å². The third kappa shape index (κ3) is 6.06. The first-order valence-electron chi connectivity index (χ1n) is 22.7. The highest BCUT2D eigenvalue weighted by atomic mass is 19.1. The number of benzene rings is 2. The standard InChI is InChI=1S/C49H47F3N10O5/c1-25-17-30(18-26(2)38(25)51)62-42(60-15-14-59(46(60)65)35-8-7-34-31(39(35)52)21-53-57(34)6)36-27(3)61(24-48(10-11-48)41(36)55-62)43(63)32-23-58-22-29(28-9-16-66-47(4,5)20-28)19-33(50)40(58)37(32)49(12-13-49)44-54-45(64)67-56-44/h7-8,14-15,17-19,21-23,27-28H,9-13,16,20,24H2,1-6H3,(H,54,56,64)/t27-,28-/m0/s1. The van der Waals surface area contributed by atoms with Crippen LogP contribution >= 0.6 is 0 Å². The van der Waals surface area contributed by atoms with Crippen LogP contribution in [0.2, 0.25) is 0 Å². The van der Waals surface area contributed by atoms with E-state index in [1.165, 1.54) is 27.6 Å². The van der Waals surface area contributed by atoms with Crippen LogP contribution in [-0.2, 0) is 22.6 Å². The number of rotatable bonds is 7. The van der Waals surface area contributed by atoms with Gasteiger partial charge >= 0.3 is 11.4 Å². The molecule has 0 bridgehead atoms. The van der Waals surface area contributed by atoms with Crippen molar-refractivity contribution >= 4 is 22.3 Å². The Bertz CT molecular complexity index is 3520. The topological polar surface area (TPSA) is 155 Å². The van der Waals surface area contributed by atoms with Gasteiger partial charge in [0.25, 0.3) is 5.91 Å². The number of amides is 1. The van der Waals surface area contributed by atoms with Crippen molar-refractivity contribution in [1.29, 1.82) is 0 Å². The second-order valence-electron chi connectivity index (χ2n) is 19.8. The SMILES string of the molecule is Cc1cc(-n2nc3c(c2-n2ccn(-c4ccc5c(cnn5C)c4F)c2=O)[C@H](C)N(C(=O)c2cn4cc([C@H]5CCOC(C)(C)C5)cc(F)c4c2C2(c4noc(=O)[nH]4)CC2)CC32CC2)cc(C)c1F. The van der Waals surface area contributed by atoms with Crippen molar-refractivity contribution < 1.29 is 27.2 Å². The predicted octanol–water partition coefficient (Wildman–Crippen LogP) is 7.66. The lowest BCUT2D eigenvalue weighted by Crippen LogP contribution is -2.44. The van der Waals surface area contributed by atoms with Gasteiger partial charge in [0.1, 0.15) is 17.5 Å². The molecule has 15 nitrogen and oxygen atoms in total. The van der Waals surface area contributed by atoms with Crippen LogP contribution in [0.4, 0.5) is 13.2 Å². The lowest BCUT2D eigenvalue weighted by atomic mass is 9.84. The number of aromatic nitrogens is 9. The minimum Gasteiger partial charge on any atom is -0.376 e. The Balaban J connectivity index is 1.04. The summed E-state index contributed by atoms with van der Waals surface area (Å²) >= 11 is 0. The van der Waals surface area contributed by atoms with Crippen LogP contribution < -0.4 is 11.4 Å². The molecule has 2 aromatic carbocycles. The molecular formula is C49H47F3N10O5. The lowest BCUT2D eigenvalue weighted by molar-refractivity contribution is -0.0593. The molecule has 0 unspecified atom stereocenters. The van der Waals surface area contributed by atoms with Crippen LogP contribution in [0.25, 0.3) is 33.6 Å². The number of carbonyl (C=O) groups excluding carboxylic acids is 1. The van der Waals surface area contributed by atoms with E-state index in [4.69, 9.17) is 14.4 Å². The van der Waals surface area contributed by atoms with Crippen molar-refractivity contribution in [3.63, 3.8) is 0 Å². The molecule has 1 spiro atoms. The highest BCUT2D eigenvalue weighted by Gasteiger charge is 2.58. The Morgan fingerprint density at radius 2 is 1.70 bits per heavy atom. The average molecular weight is 913 g/mol. The van der Waals surface area contributed by atoms with Gasteiger partial charge in [0.2, 0.25) is 0 Å². The van der Waals surface area contributed by atoms with E-state index in [0.29, 0.717) is 90.1 Å². The zero-order chi connectivity index (χ0) is 46.6. The largest absolute Gasteiger partial charge is 0.438 e. The Hall–Kier alpha value is -6.95. The average Bonchev–Trinajstić information content (AvgIpc) is 3.88. The number of hydrogen-bond acceptors (Lipinski definition) is 8. The summed E-state index contributed by atoms with van der Waals surface area (Å²) < 4.78 is 67.0. The third-order valence-corrected chi connectivity index (χ3v) is 15.0. The highest BCUT2D eigenvalue weighted by molar-refractivity contribution is 6.00. The van der Waals surface area contributed by atoms with Gasteiger partial charge in [-0.15, -0.1) is 0 Å². The van der Waals surface area contributed by atoms with Gasteiger partial charge in [-0.05, 0) is 126 Å². The molecule has 3 fully saturated rings. The van der Waals surface area contributed by atoms with Crippen LogP contribution in [0, 0.1) is 31.3 Å². The summed E-state index contributed by atoms with van der Waals surface area (Å²) in [5.74, 6) is -2.06. The number of pyridine rings is 1. The second-order valence-corrected chi connectivity index (χ2v) is 19.8. The number of carbonyl (C=O) groups is 1. The fourth-order valence-corrected chi connectivity index (χ4v) is 11.2. The number of halogens is 3. The zero-order valence-corrected chi connectivity index (χ0v) is 37.8. The summed E-state index contributed by atoms with van der Waals surface area (Å²) in [6.07, 6.45) is 11.8. The zero-order valence-electron chi connectivity index (χ0n) is 37.8. The van der Waals surface area contributed by atoms with Crippen LogP contribution in [0.3, 0.4) is 0 Å².